The summed E-state index contributed by atoms with van der Waals surface area (Å²) in [7, 11) is -3.95. The molecule has 0 saturated heterocycles. The van der Waals surface area contributed by atoms with Gasteiger partial charge in [0.05, 0.1) is 9.82 Å². The second-order valence-corrected chi connectivity index (χ2v) is 5.89. The highest BCUT2D eigenvalue weighted by Gasteiger charge is 2.20. The van der Waals surface area contributed by atoms with E-state index in [2.05, 4.69) is 4.72 Å². The van der Waals surface area contributed by atoms with Crippen LogP contribution in [0.3, 0.4) is 0 Å². The Hall–Kier alpha value is -2.81. The highest BCUT2D eigenvalue weighted by molar-refractivity contribution is 7.92. The lowest BCUT2D eigenvalue weighted by Crippen LogP contribution is -2.13. The number of sulfonamides is 1. The normalized spacial score (nSPS) is 11.0. The number of hydrogen-bond acceptors (Lipinski definition) is 6. The topological polar surface area (TPSA) is 141 Å². The molecule has 21 heavy (non-hydrogen) atoms. The van der Waals surface area contributed by atoms with Crippen LogP contribution in [0.25, 0.3) is 0 Å². The maximum atomic E-state index is 12.2. The molecule has 8 nitrogen and oxygen atoms in total. The van der Waals surface area contributed by atoms with Crippen LogP contribution in [0.15, 0.2) is 47.4 Å². The number of nitro groups is 1. The van der Waals surface area contributed by atoms with Crippen LogP contribution in [-0.2, 0) is 10.0 Å². The third-order valence-corrected chi connectivity index (χ3v) is 4.05. The van der Waals surface area contributed by atoms with Gasteiger partial charge in [-0.25, -0.2) is 8.42 Å². The Morgan fingerprint density at radius 2 is 1.67 bits per heavy atom. The van der Waals surface area contributed by atoms with Gasteiger partial charge in [0.15, 0.2) is 0 Å². The van der Waals surface area contributed by atoms with Crippen LogP contribution in [0.2, 0.25) is 0 Å². The van der Waals surface area contributed by atoms with Gasteiger partial charge in [-0.15, -0.1) is 0 Å². The molecule has 0 aliphatic rings. The first kappa shape index (κ1) is 14.6. The SMILES string of the molecule is Nc1ccc(NS(=O)(=O)c2ccc(N)c([N+](=O)[O-])c2)cc1. The van der Waals surface area contributed by atoms with Gasteiger partial charge in [0.25, 0.3) is 15.7 Å². The number of rotatable bonds is 4. The third-order valence-electron chi connectivity index (χ3n) is 2.67. The number of benzene rings is 2. The summed E-state index contributed by atoms with van der Waals surface area (Å²) in [6, 6.07) is 9.32. The Labute approximate surface area is 120 Å². The van der Waals surface area contributed by atoms with Crippen LogP contribution < -0.4 is 16.2 Å². The lowest BCUT2D eigenvalue weighted by Gasteiger charge is -2.08. The minimum Gasteiger partial charge on any atom is -0.399 e. The van der Waals surface area contributed by atoms with Gasteiger partial charge in [0.1, 0.15) is 5.69 Å². The summed E-state index contributed by atoms with van der Waals surface area (Å²) >= 11 is 0. The molecule has 2 aromatic carbocycles. The van der Waals surface area contributed by atoms with Crippen molar-refractivity contribution in [2.24, 2.45) is 0 Å². The van der Waals surface area contributed by atoms with Gasteiger partial charge >= 0.3 is 0 Å². The molecule has 9 heteroatoms. The molecule has 0 unspecified atom stereocenters. The number of nitrogens with two attached hydrogens (primary N) is 2. The van der Waals surface area contributed by atoms with Crippen molar-refractivity contribution in [3.05, 3.63) is 52.6 Å². The van der Waals surface area contributed by atoms with E-state index in [-0.39, 0.29) is 10.6 Å². The van der Waals surface area contributed by atoms with Crippen molar-refractivity contribution in [1.82, 2.24) is 0 Å². The average Bonchev–Trinajstić information content (AvgIpc) is 2.41. The summed E-state index contributed by atoms with van der Waals surface area (Å²) in [5.74, 6) is 0. The van der Waals surface area contributed by atoms with Crippen LogP contribution in [0.5, 0.6) is 0 Å². The monoisotopic (exact) mass is 308 g/mol. The van der Waals surface area contributed by atoms with E-state index in [0.717, 1.165) is 6.07 Å². The van der Waals surface area contributed by atoms with Crippen molar-refractivity contribution in [1.29, 1.82) is 0 Å². The molecule has 0 spiro atoms. The van der Waals surface area contributed by atoms with E-state index in [1.807, 2.05) is 0 Å². The number of nitro benzene ring substituents is 1. The molecule has 0 aliphatic heterocycles. The van der Waals surface area contributed by atoms with E-state index in [1.54, 1.807) is 0 Å². The zero-order chi connectivity index (χ0) is 15.6. The van der Waals surface area contributed by atoms with E-state index in [4.69, 9.17) is 11.5 Å². The third kappa shape index (κ3) is 3.20. The van der Waals surface area contributed by atoms with Crippen molar-refractivity contribution in [3.8, 4) is 0 Å². The highest BCUT2D eigenvalue weighted by atomic mass is 32.2. The molecule has 110 valence electrons. The van der Waals surface area contributed by atoms with Gasteiger partial charge in [-0.3, -0.25) is 14.8 Å². The van der Waals surface area contributed by atoms with Gasteiger partial charge in [-0.2, -0.15) is 0 Å². The van der Waals surface area contributed by atoms with E-state index in [0.29, 0.717) is 11.4 Å². The van der Waals surface area contributed by atoms with Gasteiger partial charge < -0.3 is 11.5 Å². The molecule has 2 aromatic rings. The molecular formula is C12H12N4O4S. The van der Waals surface area contributed by atoms with E-state index < -0.39 is 20.6 Å². The molecule has 0 heterocycles. The van der Waals surface area contributed by atoms with Crippen LogP contribution in [-0.4, -0.2) is 13.3 Å². The molecular weight excluding hydrogens is 296 g/mol. The first-order chi connectivity index (χ1) is 9.79. The van der Waals surface area contributed by atoms with E-state index in [9.17, 15) is 18.5 Å². The van der Waals surface area contributed by atoms with E-state index >= 15 is 0 Å². The van der Waals surface area contributed by atoms with Gasteiger partial charge in [0, 0.05) is 17.4 Å². The van der Waals surface area contributed by atoms with Crippen molar-refractivity contribution in [2.75, 3.05) is 16.2 Å². The number of nitrogens with zero attached hydrogens (tertiary/aromatic N) is 1. The first-order valence-corrected chi connectivity index (χ1v) is 7.20. The van der Waals surface area contributed by atoms with Gasteiger partial charge in [0.2, 0.25) is 0 Å². The standard InChI is InChI=1S/C12H12N4O4S/c13-8-1-3-9(4-2-8)15-21(19,20)10-5-6-11(14)12(7-10)16(17)18/h1-7,15H,13-14H2. The number of hydrogen-bond donors (Lipinski definition) is 3. The summed E-state index contributed by atoms with van der Waals surface area (Å²) in [6.07, 6.45) is 0. The summed E-state index contributed by atoms with van der Waals surface area (Å²) in [5, 5.41) is 10.8. The lowest BCUT2D eigenvalue weighted by atomic mass is 10.3. The molecule has 5 N–H and O–H groups in total. The summed E-state index contributed by atoms with van der Waals surface area (Å²) in [5.41, 5.74) is 11.2. The van der Waals surface area contributed by atoms with Gasteiger partial charge in [-0.05, 0) is 36.4 Å². The lowest BCUT2D eigenvalue weighted by molar-refractivity contribution is -0.384. The number of nitrogens with one attached hydrogen (secondary N) is 1. The Bertz CT molecular complexity index is 787. The molecule has 0 bridgehead atoms. The molecule has 0 saturated carbocycles. The second-order valence-electron chi connectivity index (χ2n) is 4.21. The maximum absolute atomic E-state index is 12.2. The van der Waals surface area contributed by atoms with Crippen molar-refractivity contribution < 1.29 is 13.3 Å². The zero-order valence-corrected chi connectivity index (χ0v) is 11.5. The number of anilines is 3. The largest absolute Gasteiger partial charge is 0.399 e. The molecule has 0 aliphatic carbocycles. The summed E-state index contributed by atoms with van der Waals surface area (Å²) in [6.45, 7) is 0. The Morgan fingerprint density at radius 1 is 1.05 bits per heavy atom. The molecule has 0 atom stereocenters. The molecule has 0 aromatic heterocycles. The fourth-order valence-electron chi connectivity index (χ4n) is 1.61. The molecule has 0 fully saturated rings. The van der Waals surface area contributed by atoms with Crippen LogP contribution in [0.1, 0.15) is 0 Å². The van der Waals surface area contributed by atoms with Crippen molar-refractivity contribution in [2.45, 2.75) is 4.90 Å². The fraction of sp³-hybridized carbons (Fsp3) is 0. The minimum absolute atomic E-state index is 0.105. The Morgan fingerprint density at radius 3 is 2.24 bits per heavy atom. The second kappa shape index (κ2) is 5.29. The fourth-order valence-corrected chi connectivity index (χ4v) is 2.69. The quantitative estimate of drug-likeness (QED) is 0.444. The zero-order valence-electron chi connectivity index (χ0n) is 10.7. The molecule has 0 radical (unpaired) electrons. The molecule has 2 rings (SSSR count). The van der Waals surface area contributed by atoms with Crippen molar-refractivity contribution in [3.63, 3.8) is 0 Å². The predicted octanol–water partition coefficient (Wildman–Crippen LogP) is 1.56. The van der Waals surface area contributed by atoms with Gasteiger partial charge in [-0.1, -0.05) is 0 Å². The number of nitrogen functional groups attached to an aromatic ring is 2. The van der Waals surface area contributed by atoms with Crippen molar-refractivity contribution >= 4 is 32.8 Å². The summed E-state index contributed by atoms with van der Waals surface area (Å²) < 4.78 is 26.6. The van der Waals surface area contributed by atoms with Crippen LogP contribution in [0.4, 0.5) is 22.7 Å². The average molecular weight is 308 g/mol. The smallest absolute Gasteiger partial charge is 0.293 e. The summed E-state index contributed by atoms with van der Waals surface area (Å²) in [4.78, 5) is 9.80. The minimum atomic E-state index is -3.95. The Kier molecular flexibility index (Phi) is 3.68. The molecule has 0 amide bonds. The highest BCUT2D eigenvalue weighted by Crippen LogP contribution is 2.26. The first-order valence-electron chi connectivity index (χ1n) is 5.72. The maximum Gasteiger partial charge on any atom is 0.293 e. The van der Waals surface area contributed by atoms with Crippen LogP contribution >= 0.6 is 0 Å². The predicted molar refractivity (Wildman–Crippen MR) is 79.2 cm³/mol. The van der Waals surface area contributed by atoms with Crippen LogP contribution in [0, 0.1) is 10.1 Å². The Balaban J connectivity index is 2.38. The van der Waals surface area contributed by atoms with E-state index in [1.165, 1.54) is 36.4 Å².